The first kappa shape index (κ1) is 31.1. The number of unbranched alkanes of at least 4 members (excludes halogenated alkanes) is 2. The maximum atomic E-state index is 14.2. The molecule has 4 rings (SSSR count). The normalized spacial score (nSPS) is 17.6. The van der Waals surface area contributed by atoms with Gasteiger partial charge >= 0.3 is 0 Å². The van der Waals surface area contributed by atoms with E-state index in [2.05, 4.69) is 43.7 Å². The largest absolute Gasteiger partial charge is 0.494 e. The van der Waals surface area contributed by atoms with E-state index in [1.165, 1.54) is 0 Å². The van der Waals surface area contributed by atoms with Crippen LogP contribution in [0.2, 0.25) is 0 Å². The van der Waals surface area contributed by atoms with Crippen molar-refractivity contribution in [3.05, 3.63) is 104 Å². The lowest BCUT2D eigenvalue weighted by Crippen LogP contribution is -2.54. The van der Waals surface area contributed by atoms with Gasteiger partial charge in [-0.2, -0.15) is 0 Å². The predicted molar refractivity (Wildman–Crippen MR) is 165 cm³/mol. The molecule has 0 radical (unpaired) electrons. The van der Waals surface area contributed by atoms with Crippen LogP contribution in [0.25, 0.3) is 10.4 Å². The number of aliphatic hydroxyl groups excluding tert-OH is 1. The molecule has 3 N–H and O–H groups in total. The fourth-order valence-electron chi connectivity index (χ4n) is 4.75. The van der Waals surface area contributed by atoms with E-state index in [1.807, 2.05) is 42.5 Å². The standard InChI is InChI=1S/C31H35BrN6O4/c1-2-3-8-18-34-37-30(40)31(21-23-10-4-6-12-26(23)32)28(25-11-5-7-13-27(25)36-38-33)42-29(35-31)22-14-16-24(17-15-22)41-20-9-19-39/h4-7,10-17,28,34,39H,2-3,8-9,18-21H2,1H3,(H,37,40)/t28-,31-/m0/s1. The number of hydrazine groups is 1. The topological polar surface area (TPSA) is 141 Å². The minimum absolute atomic E-state index is 0.0522. The molecule has 3 aromatic rings. The first-order valence-corrected chi connectivity index (χ1v) is 14.8. The van der Waals surface area contributed by atoms with Crippen molar-refractivity contribution >= 4 is 33.4 Å². The number of nitrogens with zero attached hydrogens (tertiary/aromatic N) is 4. The molecule has 0 bridgehead atoms. The Labute approximate surface area is 253 Å². The average molecular weight is 636 g/mol. The minimum Gasteiger partial charge on any atom is -0.494 e. The number of nitrogens with one attached hydrogen (secondary N) is 2. The Kier molecular flexibility index (Phi) is 11.4. The van der Waals surface area contributed by atoms with Crippen LogP contribution in [-0.4, -0.2) is 42.2 Å². The summed E-state index contributed by atoms with van der Waals surface area (Å²) in [6.07, 6.45) is 2.85. The first-order chi connectivity index (χ1) is 20.5. The number of aliphatic imine (C=N–C) groups is 1. The van der Waals surface area contributed by atoms with E-state index in [4.69, 9.17) is 19.6 Å². The van der Waals surface area contributed by atoms with Gasteiger partial charge in [0.15, 0.2) is 11.6 Å². The fourth-order valence-corrected chi connectivity index (χ4v) is 5.18. The molecule has 0 saturated heterocycles. The quantitative estimate of drug-likeness (QED) is 0.0578. The second kappa shape index (κ2) is 15.4. The molecule has 0 spiro atoms. The number of aliphatic hydroxyl groups is 1. The first-order valence-electron chi connectivity index (χ1n) is 14.0. The van der Waals surface area contributed by atoms with Gasteiger partial charge in [0.2, 0.25) is 5.90 Å². The van der Waals surface area contributed by atoms with E-state index in [1.54, 1.807) is 30.3 Å². The van der Waals surface area contributed by atoms with E-state index in [9.17, 15) is 10.3 Å². The third-order valence-electron chi connectivity index (χ3n) is 6.93. The van der Waals surface area contributed by atoms with Crippen molar-refractivity contribution in [3.63, 3.8) is 0 Å². The lowest BCUT2D eigenvalue weighted by molar-refractivity contribution is -0.130. The zero-order valence-corrected chi connectivity index (χ0v) is 25.1. The molecular weight excluding hydrogens is 600 g/mol. The van der Waals surface area contributed by atoms with Crippen molar-refractivity contribution in [3.8, 4) is 5.75 Å². The van der Waals surface area contributed by atoms with Gasteiger partial charge in [0.05, 0.1) is 6.61 Å². The highest BCUT2D eigenvalue weighted by Crippen LogP contribution is 2.46. The fraction of sp³-hybridized carbons (Fsp3) is 0.355. The molecule has 3 aromatic carbocycles. The Morgan fingerprint density at radius 1 is 1.12 bits per heavy atom. The van der Waals surface area contributed by atoms with Crippen LogP contribution in [0.5, 0.6) is 5.75 Å². The average Bonchev–Trinajstić information content (AvgIpc) is 3.39. The van der Waals surface area contributed by atoms with E-state index >= 15 is 0 Å². The van der Waals surface area contributed by atoms with Crippen molar-refractivity contribution in [2.24, 2.45) is 10.1 Å². The van der Waals surface area contributed by atoms with Crippen LogP contribution in [-0.2, 0) is 16.0 Å². The molecular formula is C31H35BrN6O4. The molecule has 220 valence electrons. The summed E-state index contributed by atoms with van der Waals surface area (Å²) in [7, 11) is 0. The zero-order chi connectivity index (χ0) is 29.8. The SMILES string of the molecule is CCCCCNNC(=O)[C@@]1(Cc2ccccc2Br)N=C(c2ccc(OCCCO)cc2)O[C@H]1c1ccccc1N=[N+]=[N-]. The van der Waals surface area contributed by atoms with Crippen LogP contribution < -0.4 is 15.6 Å². The minimum atomic E-state index is -1.45. The number of rotatable bonds is 15. The number of benzene rings is 3. The number of halogens is 1. The molecule has 0 saturated carbocycles. The van der Waals surface area contributed by atoms with Gasteiger partial charge < -0.3 is 14.6 Å². The predicted octanol–water partition coefficient (Wildman–Crippen LogP) is 6.46. The summed E-state index contributed by atoms with van der Waals surface area (Å²) < 4.78 is 13.1. The van der Waals surface area contributed by atoms with Crippen molar-refractivity contribution < 1.29 is 19.4 Å². The van der Waals surface area contributed by atoms with Crippen molar-refractivity contribution in [1.82, 2.24) is 10.9 Å². The van der Waals surface area contributed by atoms with Crippen LogP contribution >= 0.6 is 15.9 Å². The highest BCUT2D eigenvalue weighted by atomic mass is 79.9. The Balaban J connectivity index is 1.79. The van der Waals surface area contributed by atoms with Crippen LogP contribution in [0, 0.1) is 0 Å². The van der Waals surface area contributed by atoms with Crippen molar-refractivity contribution in [2.75, 3.05) is 19.8 Å². The molecule has 1 heterocycles. The highest BCUT2D eigenvalue weighted by molar-refractivity contribution is 9.10. The third kappa shape index (κ3) is 7.49. The van der Waals surface area contributed by atoms with Gasteiger partial charge in [-0.05, 0) is 47.8 Å². The van der Waals surface area contributed by atoms with Crippen LogP contribution in [0.1, 0.15) is 55.4 Å². The summed E-state index contributed by atoms with van der Waals surface area (Å²) in [5.74, 6) is 0.560. The van der Waals surface area contributed by atoms with E-state index < -0.39 is 11.6 Å². The number of azide groups is 1. The number of hydrogen-bond donors (Lipinski definition) is 3. The van der Waals surface area contributed by atoms with E-state index in [0.717, 1.165) is 29.3 Å². The molecule has 1 amide bonds. The summed E-state index contributed by atoms with van der Waals surface area (Å²) in [6, 6.07) is 22.0. The van der Waals surface area contributed by atoms with Crippen LogP contribution in [0.4, 0.5) is 5.69 Å². The molecule has 0 aliphatic carbocycles. The number of carbonyl (C=O) groups excluding carboxylic acids is 1. The Morgan fingerprint density at radius 2 is 1.88 bits per heavy atom. The summed E-state index contributed by atoms with van der Waals surface area (Å²) in [5, 5.41) is 12.9. The summed E-state index contributed by atoms with van der Waals surface area (Å²) in [6.45, 7) is 3.18. The van der Waals surface area contributed by atoms with Crippen LogP contribution in [0.3, 0.4) is 0 Å². The summed E-state index contributed by atoms with van der Waals surface area (Å²) >= 11 is 3.63. The zero-order valence-electron chi connectivity index (χ0n) is 23.5. The van der Waals surface area contributed by atoms with Gasteiger partial charge in [-0.1, -0.05) is 83.3 Å². The van der Waals surface area contributed by atoms with E-state index in [0.29, 0.717) is 42.1 Å². The molecule has 0 unspecified atom stereocenters. The molecule has 10 nitrogen and oxygen atoms in total. The Morgan fingerprint density at radius 3 is 2.62 bits per heavy atom. The molecule has 1 aliphatic heterocycles. The second-order valence-corrected chi connectivity index (χ2v) is 10.7. The number of hydrogen-bond acceptors (Lipinski definition) is 7. The lowest BCUT2D eigenvalue weighted by Gasteiger charge is -2.31. The molecule has 11 heteroatoms. The van der Waals surface area contributed by atoms with Gasteiger partial charge in [-0.15, -0.1) is 0 Å². The van der Waals surface area contributed by atoms with Gasteiger partial charge in [0.25, 0.3) is 5.91 Å². The van der Waals surface area contributed by atoms with E-state index in [-0.39, 0.29) is 24.8 Å². The third-order valence-corrected chi connectivity index (χ3v) is 7.70. The molecule has 42 heavy (non-hydrogen) atoms. The van der Waals surface area contributed by atoms with Gasteiger partial charge in [-0.25, -0.2) is 10.4 Å². The molecule has 0 fully saturated rings. The number of amides is 1. The van der Waals surface area contributed by atoms with Gasteiger partial charge in [0, 0.05) is 52.2 Å². The summed E-state index contributed by atoms with van der Waals surface area (Å²) in [4.78, 5) is 22.3. The molecule has 0 aromatic heterocycles. The second-order valence-electron chi connectivity index (χ2n) is 9.89. The van der Waals surface area contributed by atoms with Gasteiger partial charge in [0.1, 0.15) is 5.75 Å². The molecule has 2 atom stereocenters. The maximum absolute atomic E-state index is 14.2. The monoisotopic (exact) mass is 634 g/mol. The Hall–Kier alpha value is -3.89. The maximum Gasteiger partial charge on any atom is 0.266 e. The summed E-state index contributed by atoms with van der Waals surface area (Å²) in [5.41, 5.74) is 16.2. The molecule has 1 aliphatic rings. The van der Waals surface area contributed by atoms with Crippen molar-refractivity contribution in [2.45, 2.75) is 50.7 Å². The van der Waals surface area contributed by atoms with Gasteiger partial charge in [-0.3, -0.25) is 10.2 Å². The highest BCUT2D eigenvalue weighted by Gasteiger charge is 2.54. The lowest BCUT2D eigenvalue weighted by atomic mass is 9.81. The van der Waals surface area contributed by atoms with Crippen LogP contribution in [0.15, 0.2) is 87.4 Å². The number of carbonyl (C=O) groups is 1. The Bertz CT molecular complexity index is 1430. The van der Waals surface area contributed by atoms with Crippen molar-refractivity contribution in [1.29, 1.82) is 0 Å². The number of ether oxygens (including phenoxy) is 2. The smallest absolute Gasteiger partial charge is 0.266 e.